The molecule has 0 aromatic heterocycles. The summed E-state index contributed by atoms with van der Waals surface area (Å²) >= 11 is 0. The van der Waals surface area contributed by atoms with Crippen LogP contribution in [-0.4, -0.2) is 40.1 Å². The van der Waals surface area contributed by atoms with E-state index < -0.39 is 12.0 Å². The lowest BCUT2D eigenvalue weighted by atomic mass is 10.1. The van der Waals surface area contributed by atoms with Gasteiger partial charge in [-0.1, -0.05) is 6.92 Å². The first-order chi connectivity index (χ1) is 8.51. The van der Waals surface area contributed by atoms with Gasteiger partial charge >= 0.3 is 12.0 Å². The normalized spacial score (nSPS) is 24.4. The van der Waals surface area contributed by atoms with E-state index in [4.69, 9.17) is 11.5 Å². The third-order valence-electron chi connectivity index (χ3n) is 3.41. The molecule has 18 heavy (non-hydrogen) atoms. The number of amides is 2. The lowest BCUT2D eigenvalue weighted by Gasteiger charge is -2.29. The summed E-state index contributed by atoms with van der Waals surface area (Å²) in [6, 6.07) is -0.988. The fourth-order valence-electron chi connectivity index (χ4n) is 2.38. The van der Waals surface area contributed by atoms with Gasteiger partial charge in [-0.15, -0.1) is 12.3 Å². The van der Waals surface area contributed by atoms with Crippen LogP contribution in [0.25, 0.3) is 0 Å². The first-order valence-electron chi connectivity index (χ1n) is 6.26. The second-order valence-corrected chi connectivity index (χ2v) is 4.64. The van der Waals surface area contributed by atoms with Crippen LogP contribution in [0.3, 0.4) is 0 Å². The molecule has 1 aliphatic rings. The zero-order chi connectivity index (χ0) is 13.7. The molecule has 0 bridgehead atoms. The van der Waals surface area contributed by atoms with Gasteiger partial charge in [0.1, 0.15) is 6.04 Å². The number of aliphatic carboxylic acids is 1. The van der Waals surface area contributed by atoms with Crippen LogP contribution in [0.4, 0.5) is 4.79 Å². The predicted octanol–water partition coefficient (Wildman–Crippen LogP) is 1.44. The first kappa shape index (κ1) is 14.4. The number of carboxylic acid groups (broad SMARTS) is 1. The molecule has 1 fully saturated rings. The topological polar surface area (TPSA) is 69.6 Å². The number of terminal acetylenes is 1. The summed E-state index contributed by atoms with van der Waals surface area (Å²) in [6.07, 6.45) is 7.91. The molecule has 100 valence electrons. The first-order valence-corrected chi connectivity index (χ1v) is 6.26. The molecule has 0 aromatic carbocycles. The largest absolute Gasteiger partial charge is 0.480 e. The fraction of sp³-hybridized carbons (Fsp3) is 0.692. The van der Waals surface area contributed by atoms with Crippen molar-refractivity contribution in [3.63, 3.8) is 0 Å². The third kappa shape index (κ3) is 3.16. The van der Waals surface area contributed by atoms with Crippen LogP contribution in [0.1, 0.15) is 39.5 Å². The van der Waals surface area contributed by atoms with E-state index in [1.165, 1.54) is 0 Å². The highest BCUT2D eigenvalue weighted by atomic mass is 16.4. The van der Waals surface area contributed by atoms with Crippen molar-refractivity contribution < 1.29 is 14.7 Å². The lowest BCUT2D eigenvalue weighted by molar-refractivity contribution is -0.139. The van der Waals surface area contributed by atoms with E-state index in [0.29, 0.717) is 0 Å². The molecule has 0 saturated carbocycles. The Hall–Kier alpha value is -1.70. The molecule has 2 amide bonds. The smallest absolute Gasteiger partial charge is 0.327 e. The van der Waals surface area contributed by atoms with Gasteiger partial charge < -0.3 is 15.3 Å². The van der Waals surface area contributed by atoms with Crippen molar-refractivity contribution in [2.45, 2.75) is 57.7 Å². The van der Waals surface area contributed by atoms with E-state index in [9.17, 15) is 9.59 Å². The van der Waals surface area contributed by atoms with Gasteiger partial charge in [-0.3, -0.25) is 0 Å². The molecule has 2 N–H and O–H groups in total. The van der Waals surface area contributed by atoms with Crippen LogP contribution in [0.5, 0.6) is 0 Å². The maximum Gasteiger partial charge on any atom is 0.327 e. The van der Waals surface area contributed by atoms with Crippen molar-refractivity contribution in [2.75, 3.05) is 0 Å². The quantitative estimate of drug-likeness (QED) is 0.744. The molecular formula is C13H20N2O3. The number of hydrogen-bond acceptors (Lipinski definition) is 2. The number of carbonyl (C=O) groups excluding carboxylic acids is 1. The highest BCUT2D eigenvalue weighted by Crippen LogP contribution is 2.25. The van der Waals surface area contributed by atoms with Crippen LogP contribution < -0.4 is 5.32 Å². The van der Waals surface area contributed by atoms with Crippen molar-refractivity contribution >= 4 is 12.0 Å². The van der Waals surface area contributed by atoms with E-state index >= 15 is 0 Å². The molecular weight excluding hydrogens is 232 g/mol. The molecule has 5 nitrogen and oxygen atoms in total. The van der Waals surface area contributed by atoms with Gasteiger partial charge in [0.15, 0.2) is 0 Å². The molecule has 0 aromatic rings. The predicted molar refractivity (Wildman–Crippen MR) is 68.0 cm³/mol. The molecule has 0 aliphatic carbocycles. The standard InChI is InChI=1S/C13H20N2O3/c1-4-6-11(12(16)17)14-13(18)15-9(3)7-8-10(15)5-2/h1,9-11H,5-8H2,2-3H3,(H,14,18)(H,16,17). The summed E-state index contributed by atoms with van der Waals surface area (Å²) < 4.78 is 0. The average Bonchev–Trinajstić information content (AvgIpc) is 2.69. The summed E-state index contributed by atoms with van der Waals surface area (Å²) in [7, 11) is 0. The highest BCUT2D eigenvalue weighted by Gasteiger charge is 2.34. The fourth-order valence-corrected chi connectivity index (χ4v) is 2.38. The van der Waals surface area contributed by atoms with Gasteiger partial charge in [0, 0.05) is 18.5 Å². The van der Waals surface area contributed by atoms with Gasteiger partial charge in [-0.25, -0.2) is 9.59 Å². The summed E-state index contributed by atoms with van der Waals surface area (Å²) in [5.74, 6) is 1.17. The maximum atomic E-state index is 12.1. The minimum atomic E-state index is -1.10. The lowest BCUT2D eigenvalue weighted by Crippen LogP contribution is -2.51. The summed E-state index contributed by atoms with van der Waals surface area (Å²) in [6.45, 7) is 4.01. The Labute approximate surface area is 108 Å². The van der Waals surface area contributed by atoms with Crippen molar-refractivity contribution in [1.29, 1.82) is 0 Å². The number of likely N-dealkylation sites (tertiary alicyclic amines) is 1. The van der Waals surface area contributed by atoms with Crippen molar-refractivity contribution in [3.05, 3.63) is 0 Å². The Bertz CT molecular complexity index is 362. The second-order valence-electron chi connectivity index (χ2n) is 4.64. The molecule has 0 spiro atoms. The Morgan fingerprint density at radius 2 is 2.22 bits per heavy atom. The molecule has 3 unspecified atom stereocenters. The molecule has 5 heteroatoms. The number of rotatable bonds is 4. The van der Waals surface area contributed by atoms with Gasteiger partial charge in [0.25, 0.3) is 0 Å². The Balaban J connectivity index is 2.68. The van der Waals surface area contributed by atoms with Crippen molar-refractivity contribution in [2.24, 2.45) is 0 Å². The van der Waals surface area contributed by atoms with E-state index in [1.54, 1.807) is 4.90 Å². The summed E-state index contributed by atoms with van der Waals surface area (Å²) in [5.41, 5.74) is 0. The Kier molecular flexibility index (Phi) is 5.02. The molecule has 0 radical (unpaired) electrons. The summed E-state index contributed by atoms with van der Waals surface area (Å²) in [5, 5.41) is 11.5. The Morgan fingerprint density at radius 1 is 1.56 bits per heavy atom. The van der Waals surface area contributed by atoms with Gasteiger partial charge in [0.05, 0.1) is 0 Å². The van der Waals surface area contributed by atoms with Crippen molar-refractivity contribution in [1.82, 2.24) is 10.2 Å². The highest BCUT2D eigenvalue weighted by molar-refractivity contribution is 5.83. The maximum absolute atomic E-state index is 12.1. The number of carboxylic acids is 1. The van der Waals surface area contributed by atoms with Crippen molar-refractivity contribution in [3.8, 4) is 12.3 Å². The number of carbonyl (C=O) groups is 2. The second kappa shape index (κ2) is 6.29. The SMILES string of the molecule is C#CCC(NC(=O)N1C(C)CCC1CC)C(=O)O. The van der Waals surface area contributed by atoms with E-state index in [1.807, 2.05) is 13.8 Å². The van der Waals surface area contributed by atoms with E-state index in [-0.39, 0.29) is 24.5 Å². The molecule has 3 atom stereocenters. The number of hydrogen-bond donors (Lipinski definition) is 2. The summed E-state index contributed by atoms with van der Waals surface area (Å²) in [4.78, 5) is 24.8. The minimum Gasteiger partial charge on any atom is -0.480 e. The van der Waals surface area contributed by atoms with Crippen LogP contribution in [-0.2, 0) is 4.79 Å². The molecule has 1 rings (SSSR count). The molecule has 1 saturated heterocycles. The zero-order valence-corrected chi connectivity index (χ0v) is 10.8. The average molecular weight is 252 g/mol. The van der Waals surface area contributed by atoms with Gasteiger partial charge in [-0.05, 0) is 26.2 Å². The number of nitrogens with one attached hydrogen (secondary N) is 1. The molecule has 1 heterocycles. The van der Waals surface area contributed by atoms with E-state index in [0.717, 1.165) is 19.3 Å². The zero-order valence-electron chi connectivity index (χ0n) is 10.8. The number of urea groups is 1. The number of nitrogens with zero attached hydrogens (tertiary/aromatic N) is 1. The van der Waals surface area contributed by atoms with Crippen LogP contribution >= 0.6 is 0 Å². The molecule has 1 aliphatic heterocycles. The minimum absolute atomic E-state index is 0.0000853. The van der Waals surface area contributed by atoms with Crippen LogP contribution in [0, 0.1) is 12.3 Å². The third-order valence-corrected chi connectivity index (χ3v) is 3.41. The van der Waals surface area contributed by atoms with Gasteiger partial charge in [0.2, 0.25) is 0 Å². The Morgan fingerprint density at radius 3 is 2.72 bits per heavy atom. The van der Waals surface area contributed by atoms with Crippen LogP contribution in [0.15, 0.2) is 0 Å². The van der Waals surface area contributed by atoms with Crippen LogP contribution in [0.2, 0.25) is 0 Å². The monoisotopic (exact) mass is 252 g/mol. The van der Waals surface area contributed by atoms with Gasteiger partial charge in [-0.2, -0.15) is 0 Å². The van der Waals surface area contributed by atoms with E-state index in [2.05, 4.69) is 11.2 Å².